The number of carboxylic acid groups (broad SMARTS) is 1. The molecule has 112 valence electrons. The van der Waals surface area contributed by atoms with Gasteiger partial charge in [0.1, 0.15) is 5.54 Å². The third-order valence-electron chi connectivity index (χ3n) is 3.02. The van der Waals surface area contributed by atoms with Crippen LogP contribution in [0, 0.1) is 6.92 Å². The fourth-order valence-corrected chi connectivity index (χ4v) is 4.10. The van der Waals surface area contributed by atoms with E-state index < -0.39 is 21.5 Å². The van der Waals surface area contributed by atoms with E-state index in [0.29, 0.717) is 16.5 Å². The fraction of sp³-hybridized carbons (Fsp3) is 0.462. The summed E-state index contributed by atoms with van der Waals surface area (Å²) in [5, 5.41) is 9.26. The third-order valence-corrected chi connectivity index (χ3v) is 5.25. The maximum atomic E-state index is 12.4. The average molecular weight is 364 g/mol. The van der Waals surface area contributed by atoms with Crippen LogP contribution >= 0.6 is 15.9 Å². The molecule has 1 unspecified atom stereocenters. The predicted octanol–water partition coefficient (Wildman–Crippen LogP) is 2.68. The van der Waals surface area contributed by atoms with Gasteiger partial charge in [0, 0.05) is 4.47 Å². The zero-order valence-electron chi connectivity index (χ0n) is 11.6. The molecular weight excluding hydrogens is 346 g/mol. The highest BCUT2D eigenvalue weighted by atomic mass is 79.9. The maximum absolute atomic E-state index is 12.4. The third kappa shape index (κ3) is 3.80. The summed E-state index contributed by atoms with van der Waals surface area (Å²) in [5.41, 5.74) is -0.951. The number of sulfonamides is 1. The van der Waals surface area contributed by atoms with Crippen LogP contribution in [0.4, 0.5) is 0 Å². The molecule has 0 aliphatic carbocycles. The summed E-state index contributed by atoms with van der Waals surface area (Å²) in [6, 6.07) is 4.86. The molecule has 0 fully saturated rings. The molecule has 1 aromatic rings. The lowest BCUT2D eigenvalue weighted by atomic mass is 9.98. The Bertz CT molecular complexity index is 615. The summed E-state index contributed by atoms with van der Waals surface area (Å²) in [5.74, 6) is -1.18. The van der Waals surface area contributed by atoms with Crippen molar-refractivity contribution < 1.29 is 18.3 Å². The molecule has 0 saturated carbocycles. The lowest BCUT2D eigenvalue weighted by Crippen LogP contribution is -2.52. The van der Waals surface area contributed by atoms with E-state index in [4.69, 9.17) is 0 Å². The van der Waals surface area contributed by atoms with Crippen LogP contribution < -0.4 is 4.72 Å². The van der Waals surface area contributed by atoms with Crippen molar-refractivity contribution in [1.82, 2.24) is 4.72 Å². The van der Waals surface area contributed by atoms with E-state index in [9.17, 15) is 18.3 Å². The van der Waals surface area contributed by atoms with Crippen LogP contribution in [-0.4, -0.2) is 25.0 Å². The van der Waals surface area contributed by atoms with Gasteiger partial charge in [-0.2, -0.15) is 4.72 Å². The van der Waals surface area contributed by atoms with Gasteiger partial charge in [0.2, 0.25) is 10.0 Å². The van der Waals surface area contributed by atoms with E-state index in [2.05, 4.69) is 20.7 Å². The van der Waals surface area contributed by atoms with Gasteiger partial charge in [-0.05, 0) is 38.0 Å². The molecule has 1 rings (SSSR count). The first kappa shape index (κ1) is 17.1. The first-order valence-corrected chi connectivity index (χ1v) is 8.43. The van der Waals surface area contributed by atoms with E-state index in [1.54, 1.807) is 26.0 Å². The van der Waals surface area contributed by atoms with E-state index in [0.717, 1.165) is 0 Å². The van der Waals surface area contributed by atoms with Gasteiger partial charge < -0.3 is 5.11 Å². The van der Waals surface area contributed by atoms with Gasteiger partial charge in [-0.15, -0.1) is 0 Å². The van der Waals surface area contributed by atoms with Crippen molar-refractivity contribution in [1.29, 1.82) is 0 Å². The molecule has 0 amide bonds. The second kappa shape index (κ2) is 6.24. The molecule has 5 nitrogen and oxygen atoms in total. The molecule has 0 aliphatic heterocycles. The average Bonchev–Trinajstić information content (AvgIpc) is 2.31. The molecular formula is C13H18BrNO4S. The number of halogens is 1. The van der Waals surface area contributed by atoms with Crippen molar-refractivity contribution in [2.45, 2.75) is 44.0 Å². The highest BCUT2D eigenvalue weighted by molar-refractivity contribution is 9.10. The Labute approximate surface area is 127 Å². The van der Waals surface area contributed by atoms with Crippen LogP contribution in [0.2, 0.25) is 0 Å². The summed E-state index contributed by atoms with van der Waals surface area (Å²) in [7, 11) is -3.90. The second-order valence-electron chi connectivity index (χ2n) is 4.90. The predicted molar refractivity (Wildman–Crippen MR) is 80.1 cm³/mol. The first-order valence-electron chi connectivity index (χ1n) is 6.16. The molecule has 7 heteroatoms. The summed E-state index contributed by atoms with van der Waals surface area (Å²) >= 11 is 3.22. The lowest BCUT2D eigenvalue weighted by molar-refractivity contribution is -0.143. The fourth-order valence-electron chi connectivity index (χ4n) is 1.92. The molecule has 0 aliphatic rings. The Kier molecular flexibility index (Phi) is 5.34. The minimum Gasteiger partial charge on any atom is -0.480 e. The van der Waals surface area contributed by atoms with E-state index >= 15 is 0 Å². The number of carbonyl (C=O) groups is 1. The number of aryl methyl sites for hydroxylation is 1. The van der Waals surface area contributed by atoms with Crippen LogP contribution in [0.25, 0.3) is 0 Å². The number of carboxylic acids is 1. The zero-order valence-corrected chi connectivity index (χ0v) is 14.0. The minimum absolute atomic E-state index is 0.0791. The molecule has 0 bridgehead atoms. The number of hydrogen-bond donors (Lipinski definition) is 2. The van der Waals surface area contributed by atoms with Gasteiger partial charge >= 0.3 is 5.97 Å². The molecule has 0 aromatic heterocycles. The van der Waals surface area contributed by atoms with Crippen molar-refractivity contribution >= 4 is 31.9 Å². The normalized spacial score (nSPS) is 14.8. The van der Waals surface area contributed by atoms with Crippen molar-refractivity contribution in [2.75, 3.05) is 0 Å². The largest absolute Gasteiger partial charge is 0.480 e. The molecule has 20 heavy (non-hydrogen) atoms. The van der Waals surface area contributed by atoms with Gasteiger partial charge in [0.05, 0.1) is 4.90 Å². The number of benzene rings is 1. The van der Waals surface area contributed by atoms with E-state index in [-0.39, 0.29) is 11.3 Å². The summed E-state index contributed by atoms with van der Waals surface area (Å²) in [6.45, 7) is 4.85. The Morgan fingerprint density at radius 1 is 1.45 bits per heavy atom. The van der Waals surface area contributed by atoms with Crippen molar-refractivity contribution in [3.05, 3.63) is 28.2 Å². The van der Waals surface area contributed by atoms with E-state index in [1.807, 2.05) is 0 Å². The Morgan fingerprint density at radius 2 is 2.05 bits per heavy atom. The first-order chi connectivity index (χ1) is 9.12. The molecule has 0 heterocycles. The Morgan fingerprint density at radius 3 is 2.55 bits per heavy atom. The van der Waals surface area contributed by atoms with Crippen LogP contribution in [0.3, 0.4) is 0 Å². The van der Waals surface area contributed by atoms with Crippen molar-refractivity contribution in [3.8, 4) is 0 Å². The maximum Gasteiger partial charge on any atom is 0.324 e. The standard InChI is InChI=1S/C13H18BrNO4S/c1-4-7-13(3,12(16)17)15-20(18,19)11-8-10(14)6-5-9(11)2/h5-6,8,15H,4,7H2,1-3H3,(H,16,17). The SMILES string of the molecule is CCCC(C)(NS(=O)(=O)c1cc(Br)ccc1C)C(=O)O. The van der Waals surface area contributed by atoms with Crippen LogP contribution in [0.15, 0.2) is 27.6 Å². The lowest BCUT2D eigenvalue weighted by Gasteiger charge is -2.25. The van der Waals surface area contributed by atoms with Gasteiger partial charge in [-0.3, -0.25) is 4.79 Å². The molecule has 0 saturated heterocycles. The van der Waals surface area contributed by atoms with Crippen LogP contribution in [0.5, 0.6) is 0 Å². The van der Waals surface area contributed by atoms with Crippen molar-refractivity contribution in [2.24, 2.45) is 0 Å². The molecule has 1 atom stereocenters. The summed E-state index contributed by atoms with van der Waals surface area (Å²) in [4.78, 5) is 11.4. The Balaban J connectivity index is 3.23. The molecule has 0 spiro atoms. The quantitative estimate of drug-likeness (QED) is 0.813. The highest BCUT2D eigenvalue weighted by Crippen LogP contribution is 2.23. The smallest absolute Gasteiger partial charge is 0.324 e. The molecule has 0 radical (unpaired) electrons. The Hall–Kier alpha value is -0.920. The molecule has 1 aromatic carbocycles. The number of hydrogen-bond acceptors (Lipinski definition) is 3. The van der Waals surface area contributed by atoms with Crippen LogP contribution in [0.1, 0.15) is 32.3 Å². The second-order valence-corrected chi connectivity index (χ2v) is 7.47. The summed E-state index contributed by atoms with van der Waals surface area (Å²) in [6.07, 6.45) is 0.775. The monoisotopic (exact) mass is 363 g/mol. The minimum atomic E-state index is -3.90. The van der Waals surface area contributed by atoms with Gasteiger partial charge in [0.15, 0.2) is 0 Å². The van der Waals surface area contributed by atoms with Crippen molar-refractivity contribution in [3.63, 3.8) is 0 Å². The number of rotatable bonds is 6. The zero-order chi connectivity index (χ0) is 15.6. The highest BCUT2D eigenvalue weighted by Gasteiger charge is 2.37. The topological polar surface area (TPSA) is 83.5 Å². The molecule has 2 N–H and O–H groups in total. The van der Waals surface area contributed by atoms with Gasteiger partial charge in [-0.25, -0.2) is 8.42 Å². The van der Waals surface area contributed by atoms with Crippen LogP contribution in [-0.2, 0) is 14.8 Å². The number of aliphatic carboxylic acids is 1. The van der Waals surface area contributed by atoms with Gasteiger partial charge in [0.25, 0.3) is 0 Å². The number of nitrogens with one attached hydrogen (secondary N) is 1. The van der Waals surface area contributed by atoms with E-state index in [1.165, 1.54) is 13.0 Å². The summed E-state index contributed by atoms with van der Waals surface area (Å²) < 4.78 is 27.7. The van der Waals surface area contributed by atoms with Gasteiger partial charge in [-0.1, -0.05) is 35.3 Å².